The lowest BCUT2D eigenvalue weighted by Crippen LogP contribution is -2.03. The van der Waals surface area contributed by atoms with Gasteiger partial charge in [-0.15, -0.1) is 0 Å². The van der Waals surface area contributed by atoms with Crippen LogP contribution < -0.4 is 10.1 Å². The van der Waals surface area contributed by atoms with Crippen LogP contribution in [0.1, 0.15) is 30.5 Å². The van der Waals surface area contributed by atoms with Crippen LogP contribution in [0.25, 0.3) is 0 Å². The first-order valence-corrected chi connectivity index (χ1v) is 8.74. The molecule has 0 spiro atoms. The van der Waals surface area contributed by atoms with Crippen LogP contribution in [0, 0.1) is 6.92 Å². The Bertz CT molecular complexity index is 770. The van der Waals surface area contributed by atoms with Crippen LogP contribution in [0.3, 0.4) is 0 Å². The number of nitrogens with one attached hydrogen (secondary N) is 1. The zero-order valence-electron chi connectivity index (χ0n) is 16.5. The summed E-state index contributed by atoms with van der Waals surface area (Å²) in [5.74, 6) is 0.802. The Balaban J connectivity index is 0.00000114. The van der Waals surface area contributed by atoms with E-state index in [0.717, 1.165) is 34.6 Å². The van der Waals surface area contributed by atoms with Crippen LogP contribution in [0.2, 0.25) is 0 Å². The molecule has 0 atom stereocenters. The fraction of sp³-hybridized carbons (Fsp3) is 0.273. The van der Waals surface area contributed by atoms with E-state index in [-0.39, 0.29) is 0 Å². The van der Waals surface area contributed by atoms with Gasteiger partial charge in [0.15, 0.2) is 0 Å². The van der Waals surface area contributed by atoms with Crippen molar-refractivity contribution in [2.75, 3.05) is 19.0 Å². The van der Waals surface area contributed by atoms with E-state index < -0.39 is 0 Å². The molecule has 0 amide bonds. The number of oxime groups is 1. The molecule has 144 valence electrons. The third kappa shape index (κ3) is 7.36. The standard InChI is InChI=1S/C20H24N2O2.C2H4O/c1-5-12-24-22-16(3)17-9-7-10-18(13-17)23-14-19-15(2)8-6-11-20(19)21-4;1-2-3/h5-11,13,21H,1,12,14H2,2-4H3;2H,1H3. The summed E-state index contributed by atoms with van der Waals surface area (Å²) in [6.07, 6.45) is 2.41. The van der Waals surface area contributed by atoms with Crippen LogP contribution in [0.15, 0.2) is 60.3 Å². The zero-order chi connectivity index (χ0) is 20.1. The number of hydrogen-bond acceptors (Lipinski definition) is 5. The van der Waals surface area contributed by atoms with Gasteiger partial charge in [-0.25, -0.2) is 0 Å². The number of hydrogen-bond donors (Lipinski definition) is 1. The Kier molecular flexibility index (Phi) is 10.0. The molecule has 2 rings (SSSR count). The van der Waals surface area contributed by atoms with Gasteiger partial charge in [0.1, 0.15) is 25.2 Å². The van der Waals surface area contributed by atoms with Crippen molar-refractivity contribution >= 4 is 17.7 Å². The molecule has 0 unspecified atom stereocenters. The van der Waals surface area contributed by atoms with Crippen LogP contribution in [-0.2, 0) is 16.2 Å². The Morgan fingerprint density at radius 3 is 2.63 bits per heavy atom. The van der Waals surface area contributed by atoms with Gasteiger partial charge in [0.25, 0.3) is 0 Å². The highest BCUT2D eigenvalue weighted by molar-refractivity contribution is 5.98. The molecule has 0 aliphatic rings. The minimum Gasteiger partial charge on any atom is -0.489 e. The molecule has 27 heavy (non-hydrogen) atoms. The number of ether oxygens (including phenoxy) is 1. The highest BCUT2D eigenvalue weighted by atomic mass is 16.6. The summed E-state index contributed by atoms with van der Waals surface area (Å²) < 4.78 is 5.98. The van der Waals surface area contributed by atoms with Gasteiger partial charge in [0, 0.05) is 23.9 Å². The summed E-state index contributed by atoms with van der Waals surface area (Å²) in [5.41, 5.74) is 5.21. The second-order valence-electron chi connectivity index (χ2n) is 5.66. The maximum absolute atomic E-state index is 8.81. The smallest absolute Gasteiger partial charge is 0.135 e. The van der Waals surface area contributed by atoms with Crippen LogP contribution >= 0.6 is 0 Å². The zero-order valence-corrected chi connectivity index (χ0v) is 16.5. The third-order valence-electron chi connectivity index (χ3n) is 3.71. The molecule has 0 aliphatic carbocycles. The van der Waals surface area contributed by atoms with Gasteiger partial charge < -0.3 is 19.7 Å². The van der Waals surface area contributed by atoms with Crippen molar-refractivity contribution in [1.29, 1.82) is 0 Å². The number of anilines is 1. The van der Waals surface area contributed by atoms with E-state index in [2.05, 4.69) is 36.1 Å². The molecule has 1 N–H and O–H groups in total. The summed E-state index contributed by atoms with van der Waals surface area (Å²) in [4.78, 5) is 13.9. The fourth-order valence-corrected chi connectivity index (χ4v) is 2.33. The second-order valence-corrected chi connectivity index (χ2v) is 5.66. The van der Waals surface area contributed by atoms with E-state index in [0.29, 0.717) is 13.2 Å². The monoisotopic (exact) mass is 368 g/mol. The number of carbonyl (C=O) groups excluding carboxylic acids is 1. The Hall–Kier alpha value is -3.08. The number of aryl methyl sites for hydroxylation is 1. The third-order valence-corrected chi connectivity index (χ3v) is 3.71. The summed E-state index contributed by atoms with van der Waals surface area (Å²) in [7, 11) is 1.92. The topological polar surface area (TPSA) is 59.9 Å². The lowest BCUT2D eigenvalue weighted by atomic mass is 10.1. The molecule has 0 fully saturated rings. The molecule has 5 heteroatoms. The molecule has 0 aromatic heterocycles. The van der Waals surface area contributed by atoms with E-state index in [9.17, 15) is 0 Å². The van der Waals surface area contributed by atoms with E-state index in [1.807, 2.05) is 44.3 Å². The predicted molar refractivity (Wildman–Crippen MR) is 112 cm³/mol. The summed E-state index contributed by atoms with van der Waals surface area (Å²) in [5, 5.41) is 7.27. The van der Waals surface area contributed by atoms with Crippen LogP contribution in [0.5, 0.6) is 5.75 Å². The number of nitrogens with zero attached hydrogens (tertiary/aromatic N) is 1. The lowest BCUT2D eigenvalue weighted by molar-refractivity contribution is -0.106. The first-order valence-electron chi connectivity index (χ1n) is 8.74. The van der Waals surface area contributed by atoms with Gasteiger partial charge in [-0.1, -0.05) is 42.1 Å². The maximum atomic E-state index is 8.81. The van der Waals surface area contributed by atoms with Crippen LogP contribution in [-0.4, -0.2) is 25.7 Å². The summed E-state index contributed by atoms with van der Waals surface area (Å²) in [6.45, 7) is 9.94. The van der Waals surface area contributed by atoms with Crippen molar-refractivity contribution in [3.05, 3.63) is 71.8 Å². The highest BCUT2D eigenvalue weighted by Gasteiger charge is 2.06. The quantitative estimate of drug-likeness (QED) is 0.240. The van der Waals surface area contributed by atoms with E-state index in [1.165, 1.54) is 12.5 Å². The Morgan fingerprint density at radius 2 is 1.96 bits per heavy atom. The van der Waals surface area contributed by atoms with Gasteiger partial charge in [-0.05, 0) is 44.5 Å². The molecule has 0 saturated carbocycles. The van der Waals surface area contributed by atoms with Crippen LogP contribution in [0.4, 0.5) is 5.69 Å². The SMILES string of the molecule is C=CCON=C(C)c1cccc(OCc2c(C)cccc2NC)c1.CC=O. The van der Waals surface area contributed by atoms with Gasteiger partial charge in [0.05, 0.1) is 5.71 Å². The number of rotatable bonds is 8. The minimum atomic E-state index is 0.396. The predicted octanol–water partition coefficient (Wildman–Crippen LogP) is 4.75. The van der Waals surface area contributed by atoms with Gasteiger partial charge in [-0.3, -0.25) is 0 Å². The number of benzene rings is 2. The first kappa shape index (κ1) is 22.0. The largest absolute Gasteiger partial charge is 0.489 e. The van der Waals surface area contributed by atoms with Crippen molar-refractivity contribution in [1.82, 2.24) is 0 Å². The molecule has 0 aliphatic heterocycles. The maximum Gasteiger partial charge on any atom is 0.135 e. The highest BCUT2D eigenvalue weighted by Crippen LogP contribution is 2.22. The second kappa shape index (κ2) is 12.3. The minimum absolute atomic E-state index is 0.396. The van der Waals surface area contributed by atoms with Crippen molar-refractivity contribution in [2.24, 2.45) is 5.16 Å². The average molecular weight is 368 g/mol. The molecule has 5 nitrogen and oxygen atoms in total. The van der Waals surface area contributed by atoms with E-state index in [4.69, 9.17) is 14.4 Å². The van der Waals surface area contributed by atoms with Crippen molar-refractivity contribution in [3.8, 4) is 5.75 Å². The molecule has 2 aromatic rings. The molecule has 0 heterocycles. The van der Waals surface area contributed by atoms with E-state index in [1.54, 1.807) is 6.08 Å². The normalized spacial score (nSPS) is 10.3. The fourth-order valence-electron chi connectivity index (χ4n) is 2.33. The molecular weight excluding hydrogens is 340 g/mol. The molecule has 0 saturated heterocycles. The van der Waals surface area contributed by atoms with Gasteiger partial charge in [0.2, 0.25) is 0 Å². The Morgan fingerprint density at radius 1 is 1.26 bits per heavy atom. The molecule has 2 aromatic carbocycles. The van der Waals surface area contributed by atoms with E-state index >= 15 is 0 Å². The summed E-state index contributed by atoms with van der Waals surface area (Å²) in [6, 6.07) is 14.0. The molecule has 0 radical (unpaired) electrons. The first-order chi connectivity index (χ1) is 13.1. The molecule has 0 bridgehead atoms. The lowest BCUT2D eigenvalue weighted by Gasteiger charge is -2.14. The summed E-state index contributed by atoms with van der Waals surface area (Å²) >= 11 is 0. The molecular formula is C22H28N2O3. The Labute approximate surface area is 161 Å². The van der Waals surface area contributed by atoms with Crippen molar-refractivity contribution in [3.63, 3.8) is 0 Å². The van der Waals surface area contributed by atoms with Crippen molar-refractivity contribution in [2.45, 2.75) is 27.4 Å². The van der Waals surface area contributed by atoms with Gasteiger partial charge in [-0.2, -0.15) is 0 Å². The van der Waals surface area contributed by atoms with Crippen molar-refractivity contribution < 1.29 is 14.4 Å². The van der Waals surface area contributed by atoms with Gasteiger partial charge >= 0.3 is 0 Å². The average Bonchev–Trinajstić information content (AvgIpc) is 2.67. The number of aldehydes is 1. The number of carbonyl (C=O) groups is 1.